The average molecular weight is 181 g/mol. The lowest BCUT2D eigenvalue weighted by atomic mass is 9.56. The van der Waals surface area contributed by atoms with Gasteiger partial charge in [-0.25, -0.2) is 0 Å². The molecular weight excluding hydrogens is 158 g/mol. The molecule has 1 heterocycles. The smallest absolute Gasteiger partial charge is 0.00385 e. The Hall–Kier alpha value is -0.0400. The zero-order valence-electron chi connectivity index (χ0n) is 9.34. The Bertz CT molecular complexity index is 178. The van der Waals surface area contributed by atoms with Crippen LogP contribution in [0.25, 0.3) is 0 Å². The molecule has 1 atom stereocenters. The predicted molar refractivity (Wildman–Crippen MR) is 56.8 cm³/mol. The van der Waals surface area contributed by atoms with Gasteiger partial charge in [0.05, 0.1) is 0 Å². The van der Waals surface area contributed by atoms with Crippen molar-refractivity contribution in [3.8, 4) is 0 Å². The second-order valence-electron chi connectivity index (χ2n) is 5.43. The van der Waals surface area contributed by atoms with Gasteiger partial charge in [-0.1, -0.05) is 6.92 Å². The summed E-state index contributed by atoms with van der Waals surface area (Å²) in [5, 5.41) is 0. The van der Waals surface area contributed by atoms with Crippen LogP contribution < -0.4 is 0 Å². The van der Waals surface area contributed by atoms with E-state index in [0.29, 0.717) is 0 Å². The van der Waals surface area contributed by atoms with Gasteiger partial charge in [0.2, 0.25) is 0 Å². The molecule has 0 N–H and O–H groups in total. The quantitative estimate of drug-likeness (QED) is 0.601. The lowest BCUT2D eigenvalue weighted by Crippen LogP contribution is -2.49. The maximum Gasteiger partial charge on any atom is 0.00385 e. The molecule has 0 aromatic carbocycles. The van der Waals surface area contributed by atoms with Crippen LogP contribution in [0, 0.1) is 11.3 Å². The molecule has 1 heteroatoms. The molecule has 2 fully saturated rings. The van der Waals surface area contributed by atoms with Gasteiger partial charge in [0.1, 0.15) is 0 Å². The lowest BCUT2D eigenvalue weighted by Gasteiger charge is -2.53. The van der Waals surface area contributed by atoms with E-state index < -0.39 is 0 Å². The molecular formula is C12H23N. The van der Waals surface area contributed by atoms with Gasteiger partial charge >= 0.3 is 0 Å². The molecule has 76 valence electrons. The summed E-state index contributed by atoms with van der Waals surface area (Å²) in [6.07, 6.45) is 5.93. The fourth-order valence-corrected chi connectivity index (χ4v) is 3.07. The van der Waals surface area contributed by atoms with Crippen LogP contribution in [0.5, 0.6) is 0 Å². The third-order valence-corrected chi connectivity index (χ3v) is 4.64. The van der Waals surface area contributed by atoms with Gasteiger partial charge in [-0.05, 0) is 64.0 Å². The lowest BCUT2D eigenvalue weighted by molar-refractivity contribution is -0.0311. The van der Waals surface area contributed by atoms with Gasteiger partial charge < -0.3 is 4.90 Å². The van der Waals surface area contributed by atoms with E-state index in [2.05, 4.69) is 25.7 Å². The van der Waals surface area contributed by atoms with Crippen molar-refractivity contribution < 1.29 is 0 Å². The largest absolute Gasteiger partial charge is 0.301 e. The Morgan fingerprint density at radius 2 is 1.77 bits per heavy atom. The maximum atomic E-state index is 2.64. The van der Waals surface area contributed by atoms with Crippen LogP contribution in [-0.4, -0.2) is 24.0 Å². The minimum atomic E-state index is 0.757. The molecule has 0 aromatic heterocycles. The van der Waals surface area contributed by atoms with Gasteiger partial charge in [0.15, 0.2) is 0 Å². The van der Waals surface area contributed by atoms with Crippen LogP contribution >= 0.6 is 0 Å². The van der Waals surface area contributed by atoms with Gasteiger partial charge in [-0.2, -0.15) is 0 Å². The second-order valence-corrected chi connectivity index (χ2v) is 5.43. The van der Waals surface area contributed by atoms with E-state index in [-0.39, 0.29) is 0 Å². The number of rotatable bonds is 1. The van der Waals surface area contributed by atoms with E-state index >= 15 is 0 Å². The standard InChI is InChI=1S/C12H23N/c1-10(2)13-8-6-12(7-9-13)5-4-11(12)3/h10-11H,4-9H2,1-3H3/t11-/m1/s1. The first kappa shape index (κ1) is 9.51. The molecule has 0 amide bonds. The Balaban J connectivity index is 1.89. The molecule has 13 heavy (non-hydrogen) atoms. The first-order valence-electron chi connectivity index (χ1n) is 5.88. The molecule has 0 unspecified atom stereocenters. The Labute approximate surface area is 82.5 Å². The molecule has 1 nitrogen and oxygen atoms in total. The van der Waals surface area contributed by atoms with E-state index in [4.69, 9.17) is 0 Å². The van der Waals surface area contributed by atoms with Gasteiger partial charge in [-0.15, -0.1) is 0 Å². The van der Waals surface area contributed by atoms with E-state index in [0.717, 1.165) is 17.4 Å². The van der Waals surface area contributed by atoms with Crippen molar-refractivity contribution in [3.63, 3.8) is 0 Å². The summed E-state index contributed by atoms with van der Waals surface area (Å²) < 4.78 is 0. The highest BCUT2D eigenvalue weighted by atomic mass is 15.2. The van der Waals surface area contributed by atoms with Crippen LogP contribution in [0.2, 0.25) is 0 Å². The summed E-state index contributed by atoms with van der Waals surface area (Å²) in [5.74, 6) is 1.02. The van der Waals surface area contributed by atoms with Crippen LogP contribution in [0.1, 0.15) is 46.5 Å². The Kier molecular flexibility index (Phi) is 2.39. The Morgan fingerprint density at radius 1 is 1.15 bits per heavy atom. The summed E-state index contributed by atoms with van der Waals surface area (Å²) in [7, 11) is 0. The normalized spacial score (nSPS) is 33.7. The first-order chi connectivity index (χ1) is 6.14. The monoisotopic (exact) mass is 181 g/mol. The van der Waals surface area contributed by atoms with Crippen molar-refractivity contribution in [2.75, 3.05) is 13.1 Å². The van der Waals surface area contributed by atoms with Crippen molar-refractivity contribution in [3.05, 3.63) is 0 Å². The molecule has 2 rings (SSSR count). The van der Waals surface area contributed by atoms with Gasteiger partial charge in [0, 0.05) is 6.04 Å². The van der Waals surface area contributed by atoms with Crippen LogP contribution in [0.3, 0.4) is 0 Å². The van der Waals surface area contributed by atoms with Gasteiger partial charge in [0.25, 0.3) is 0 Å². The Morgan fingerprint density at radius 3 is 2.08 bits per heavy atom. The first-order valence-corrected chi connectivity index (χ1v) is 5.88. The predicted octanol–water partition coefficient (Wildman–Crippen LogP) is 2.91. The van der Waals surface area contributed by atoms with Crippen LogP contribution in [0.15, 0.2) is 0 Å². The summed E-state index contributed by atoms with van der Waals surface area (Å²) in [6, 6.07) is 0.757. The summed E-state index contributed by atoms with van der Waals surface area (Å²) in [6.45, 7) is 9.79. The number of likely N-dealkylation sites (tertiary alicyclic amines) is 1. The summed E-state index contributed by atoms with van der Waals surface area (Å²) >= 11 is 0. The van der Waals surface area contributed by atoms with E-state index in [9.17, 15) is 0 Å². The van der Waals surface area contributed by atoms with E-state index in [1.165, 1.54) is 38.8 Å². The van der Waals surface area contributed by atoms with Crippen LogP contribution in [-0.2, 0) is 0 Å². The molecule has 1 aliphatic carbocycles. The average Bonchev–Trinajstić information content (AvgIpc) is 2.15. The highest BCUT2D eigenvalue weighted by Crippen LogP contribution is 2.53. The minimum absolute atomic E-state index is 0.757. The third-order valence-electron chi connectivity index (χ3n) is 4.64. The molecule has 1 aliphatic heterocycles. The van der Waals surface area contributed by atoms with E-state index in [1.54, 1.807) is 0 Å². The highest BCUT2D eigenvalue weighted by Gasteiger charge is 2.45. The second kappa shape index (κ2) is 3.27. The fraction of sp³-hybridized carbons (Fsp3) is 1.00. The zero-order chi connectivity index (χ0) is 9.47. The van der Waals surface area contributed by atoms with Crippen molar-refractivity contribution in [2.45, 2.75) is 52.5 Å². The molecule has 1 saturated heterocycles. The topological polar surface area (TPSA) is 3.24 Å². The van der Waals surface area contributed by atoms with Crippen molar-refractivity contribution in [2.24, 2.45) is 11.3 Å². The van der Waals surface area contributed by atoms with Crippen molar-refractivity contribution >= 4 is 0 Å². The number of hydrogen-bond donors (Lipinski definition) is 0. The summed E-state index contributed by atoms with van der Waals surface area (Å²) in [5.41, 5.74) is 0.783. The number of hydrogen-bond acceptors (Lipinski definition) is 1. The molecule has 0 radical (unpaired) electrons. The SMILES string of the molecule is CC(C)N1CCC2(CC[C@H]2C)CC1. The minimum Gasteiger partial charge on any atom is -0.301 e. The molecule has 2 aliphatic rings. The van der Waals surface area contributed by atoms with Gasteiger partial charge in [-0.3, -0.25) is 0 Å². The summed E-state index contributed by atoms with van der Waals surface area (Å²) in [4.78, 5) is 2.64. The third kappa shape index (κ3) is 1.52. The fourth-order valence-electron chi connectivity index (χ4n) is 3.07. The highest BCUT2D eigenvalue weighted by molar-refractivity contribution is 4.97. The zero-order valence-corrected chi connectivity index (χ0v) is 9.34. The van der Waals surface area contributed by atoms with Crippen LogP contribution in [0.4, 0.5) is 0 Å². The number of nitrogens with zero attached hydrogens (tertiary/aromatic N) is 1. The molecule has 0 bridgehead atoms. The molecule has 0 aromatic rings. The maximum absolute atomic E-state index is 2.64. The van der Waals surface area contributed by atoms with Crippen molar-refractivity contribution in [1.29, 1.82) is 0 Å². The molecule has 1 spiro atoms. The number of piperidine rings is 1. The molecule has 1 saturated carbocycles. The van der Waals surface area contributed by atoms with E-state index in [1.807, 2.05) is 0 Å². The van der Waals surface area contributed by atoms with Crippen molar-refractivity contribution in [1.82, 2.24) is 4.90 Å².